The van der Waals surface area contributed by atoms with E-state index in [1.54, 1.807) is 12.4 Å². The largest absolute Gasteiger partial charge is 0.344 e. The summed E-state index contributed by atoms with van der Waals surface area (Å²) in [5, 5.41) is 0.740. The van der Waals surface area contributed by atoms with Crippen molar-refractivity contribution in [1.82, 2.24) is 14.9 Å². The predicted molar refractivity (Wildman–Crippen MR) is 95.1 cm³/mol. The van der Waals surface area contributed by atoms with Crippen molar-refractivity contribution in [2.45, 2.75) is 30.9 Å². The van der Waals surface area contributed by atoms with E-state index in [2.05, 4.69) is 14.9 Å². The number of hydrogen-bond acceptors (Lipinski definition) is 5. The summed E-state index contributed by atoms with van der Waals surface area (Å²) in [6.07, 6.45) is 7.78. The first-order valence-electron chi connectivity index (χ1n) is 8.22. The van der Waals surface area contributed by atoms with Gasteiger partial charge in [0.1, 0.15) is 0 Å². The van der Waals surface area contributed by atoms with E-state index in [0.717, 1.165) is 38.2 Å². The van der Waals surface area contributed by atoms with E-state index >= 15 is 0 Å². The fourth-order valence-electron chi connectivity index (χ4n) is 3.29. The third-order valence-corrected chi connectivity index (χ3v) is 6.09. The third-order valence-electron chi connectivity index (χ3n) is 4.53. The fraction of sp³-hybridized carbons (Fsp3) is 0.688. The molecule has 1 aromatic rings. The molecule has 0 spiro atoms. The van der Waals surface area contributed by atoms with Crippen LogP contribution in [0.3, 0.4) is 0 Å². The molecule has 2 aliphatic rings. The Hall–Kier alpha value is -1.01. The molecule has 23 heavy (non-hydrogen) atoms. The summed E-state index contributed by atoms with van der Waals surface area (Å²) >= 11 is 7.66. The molecule has 0 radical (unpaired) electrons. The minimum atomic E-state index is 0.194. The van der Waals surface area contributed by atoms with Gasteiger partial charge in [-0.2, -0.15) is 0 Å². The quantitative estimate of drug-likeness (QED) is 0.832. The number of carbonyl (C=O) groups excluding carboxylic acids is 1. The summed E-state index contributed by atoms with van der Waals surface area (Å²) in [4.78, 5) is 25.2. The maximum absolute atomic E-state index is 12.6. The van der Waals surface area contributed by atoms with Crippen molar-refractivity contribution >= 4 is 35.2 Å². The second-order valence-corrected chi connectivity index (χ2v) is 8.12. The van der Waals surface area contributed by atoms with Crippen LogP contribution in [0.5, 0.6) is 0 Å². The van der Waals surface area contributed by atoms with E-state index in [0.29, 0.717) is 22.8 Å². The Labute approximate surface area is 146 Å². The van der Waals surface area contributed by atoms with Crippen molar-refractivity contribution in [2.24, 2.45) is 5.92 Å². The summed E-state index contributed by atoms with van der Waals surface area (Å²) in [5.74, 6) is 2.64. The van der Waals surface area contributed by atoms with Crippen LogP contribution < -0.4 is 4.90 Å². The van der Waals surface area contributed by atoms with Crippen LogP contribution in [0.2, 0.25) is 5.02 Å². The number of anilines is 1. The lowest BCUT2D eigenvalue weighted by Gasteiger charge is -2.26. The van der Waals surface area contributed by atoms with Gasteiger partial charge in [-0.1, -0.05) is 18.0 Å². The van der Waals surface area contributed by atoms with Gasteiger partial charge in [0, 0.05) is 26.7 Å². The average molecular weight is 355 g/mol. The molecule has 2 saturated heterocycles. The second kappa shape index (κ2) is 7.71. The summed E-state index contributed by atoms with van der Waals surface area (Å²) < 4.78 is 0. The number of amides is 1. The Morgan fingerprint density at radius 2 is 2.17 bits per heavy atom. The van der Waals surface area contributed by atoms with Gasteiger partial charge in [-0.3, -0.25) is 4.79 Å². The standard InChI is InChI=1S/C16H23ClN4OS/c1-20(16-18-8-13(17)9-19-16)10-12-5-6-21(11-12)15(22)14-4-2-3-7-23-14/h8-9,12,14H,2-7,10-11H2,1H3. The van der Waals surface area contributed by atoms with Crippen LogP contribution in [0.4, 0.5) is 5.95 Å². The zero-order valence-corrected chi connectivity index (χ0v) is 15.0. The van der Waals surface area contributed by atoms with Crippen molar-refractivity contribution in [3.63, 3.8) is 0 Å². The number of likely N-dealkylation sites (tertiary alicyclic amines) is 1. The number of aromatic nitrogens is 2. The molecule has 1 amide bonds. The first kappa shape index (κ1) is 16.8. The van der Waals surface area contributed by atoms with Crippen molar-refractivity contribution in [3.8, 4) is 0 Å². The molecule has 3 heterocycles. The van der Waals surface area contributed by atoms with Crippen LogP contribution in [-0.4, -0.2) is 58.5 Å². The molecular weight excluding hydrogens is 332 g/mol. The molecule has 5 nitrogen and oxygen atoms in total. The third kappa shape index (κ3) is 4.29. The normalized spacial score (nSPS) is 24.7. The van der Waals surface area contributed by atoms with E-state index < -0.39 is 0 Å². The molecule has 2 fully saturated rings. The summed E-state index contributed by atoms with van der Waals surface area (Å²) in [6.45, 7) is 2.60. The van der Waals surface area contributed by atoms with Gasteiger partial charge < -0.3 is 9.80 Å². The van der Waals surface area contributed by atoms with Crippen molar-refractivity contribution in [3.05, 3.63) is 17.4 Å². The van der Waals surface area contributed by atoms with Crippen LogP contribution >= 0.6 is 23.4 Å². The second-order valence-electron chi connectivity index (χ2n) is 6.38. The molecule has 126 valence electrons. The number of carbonyl (C=O) groups is 1. The zero-order chi connectivity index (χ0) is 16.2. The molecule has 0 saturated carbocycles. The van der Waals surface area contributed by atoms with E-state index in [4.69, 9.17) is 11.6 Å². The van der Waals surface area contributed by atoms with Crippen LogP contribution in [-0.2, 0) is 4.79 Å². The van der Waals surface area contributed by atoms with Crippen LogP contribution in [0.1, 0.15) is 25.7 Å². The number of halogens is 1. The van der Waals surface area contributed by atoms with Gasteiger partial charge in [-0.15, -0.1) is 11.8 Å². The highest BCUT2D eigenvalue weighted by atomic mass is 35.5. The Bertz CT molecular complexity index is 535. The van der Waals surface area contributed by atoms with Gasteiger partial charge in [0.05, 0.1) is 22.7 Å². The molecule has 3 rings (SSSR count). The maximum atomic E-state index is 12.6. The first-order valence-corrected chi connectivity index (χ1v) is 9.65. The molecule has 2 unspecified atom stereocenters. The van der Waals surface area contributed by atoms with Gasteiger partial charge in [0.15, 0.2) is 0 Å². The Morgan fingerprint density at radius 3 is 2.87 bits per heavy atom. The van der Waals surface area contributed by atoms with E-state index in [1.807, 2.05) is 23.7 Å². The Morgan fingerprint density at radius 1 is 1.39 bits per heavy atom. The topological polar surface area (TPSA) is 49.3 Å². The predicted octanol–water partition coefficient (Wildman–Crippen LogP) is 2.70. The van der Waals surface area contributed by atoms with Crippen LogP contribution in [0.15, 0.2) is 12.4 Å². The minimum Gasteiger partial charge on any atom is -0.344 e. The van der Waals surface area contributed by atoms with Gasteiger partial charge in [-0.05, 0) is 30.9 Å². The molecular formula is C16H23ClN4OS. The molecule has 2 aliphatic heterocycles. The van der Waals surface area contributed by atoms with E-state index in [9.17, 15) is 4.79 Å². The summed E-state index contributed by atoms with van der Waals surface area (Å²) in [5.41, 5.74) is 0. The molecule has 0 N–H and O–H groups in total. The number of hydrogen-bond donors (Lipinski definition) is 0. The van der Waals surface area contributed by atoms with Crippen molar-refractivity contribution in [2.75, 3.05) is 37.3 Å². The molecule has 0 bridgehead atoms. The first-order chi connectivity index (χ1) is 11.1. The van der Waals surface area contributed by atoms with E-state index in [1.165, 1.54) is 12.8 Å². The average Bonchev–Trinajstić information content (AvgIpc) is 3.04. The molecule has 0 aromatic carbocycles. The number of thioether (sulfide) groups is 1. The molecule has 2 atom stereocenters. The molecule has 0 aliphatic carbocycles. The van der Waals surface area contributed by atoms with Crippen molar-refractivity contribution in [1.29, 1.82) is 0 Å². The van der Waals surface area contributed by atoms with Gasteiger partial charge >= 0.3 is 0 Å². The van der Waals surface area contributed by atoms with Gasteiger partial charge in [0.2, 0.25) is 11.9 Å². The lowest BCUT2D eigenvalue weighted by molar-refractivity contribution is -0.129. The van der Waals surface area contributed by atoms with Gasteiger partial charge in [0.25, 0.3) is 0 Å². The SMILES string of the molecule is CN(CC1CCN(C(=O)C2CCCCS2)C1)c1ncc(Cl)cn1. The molecule has 7 heteroatoms. The minimum absolute atomic E-state index is 0.194. The fourth-order valence-corrected chi connectivity index (χ4v) is 4.67. The zero-order valence-electron chi connectivity index (χ0n) is 13.4. The summed E-state index contributed by atoms with van der Waals surface area (Å²) in [6, 6.07) is 0. The van der Waals surface area contributed by atoms with E-state index in [-0.39, 0.29) is 5.25 Å². The van der Waals surface area contributed by atoms with Crippen LogP contribution in [0, 0.1) is 5.92 Å². The highest BCUT2D eigenvalue weighted by Crippen LogP contribution is 2.29. The smallest absolute Gasteiger partial charge is 0.235 e. The lowest BCUT2D eigenvalue weighted by atomic mass is 10.1. The lowest BCUT2D eigenvalue weighted by Crippen LogP contribution is -2.38. The summed E-state index contributed by atoms with van der Waals surface area (Å²) in [7, 11) is 1.99. The monoisotopic (exact) mass is 354 g/mol. The molecule has 1 aromatic heterocycles. The Kier molecular flexibility index (Phi) is 5.64. The van der Waals surface area contributed by atoms with Gasteiger partial charge in [-0.25, -0.2) is 9.97 Å². The highest BCUT2D eigenvalue weighted by Gasteiger charge is 2.32. The number of rotatable bonds is 4. The van der Waals surface area contributed by atoms with Crippen molar-refractivity contribution < 1.29 is 4.79 Å². The van der Waals surface area contributed by atoms with Crippen LogP contribution in [0.25, 0.3) is 0 Å². The number of nitrogens with zero attached hydrogens (tertiary/aromatic N) is 4. The highest BCUT2D eigenvalue weighted by molar-refractivity contribution is 8.00. The Balaban J connectivity index is 1.51. The maximum Gasteiger partial charge on any atom is 0.235 e.